The van der Waals surface area contributed by atoms with Crippen molar-refractivity contribution >= 4 is 5.91 Å². The molecule has 0 aliphatic carbocycles. The van der Waals surface area contributed by atoms with Gasteiger partial charge in [0, 0.05) is 19.1 Å². The Kier molecular flexibility index (Phi) is 5.68. The molecule has 3 atom stereocenters. The number of hydrogen-bond donors (Lipinski definition) is 2. The van der Waals surface area contributed by atoms with Gasteiger partial charge in [-0.1, -0.05) is 37.3 Å². The van der Waals surface area contributed by atoms with Crippen molar-refractivity contribution in [2.75, 3.05) is 26.2 Å². The van der Waals surface area contributed by atoms with E-state index in [1.54, 1.807) is 0 Å². The lowest BCUT2D eigenvalue weighted by Gasteiger charge is -2.35. The molecular weight excluding hydrogens is 286 g/mol. The Bertz CT molecular complexity index is 505. The predicted octanol–water partition coefficient (Wildman–Crippen LogP) is 2.01. The van der Waals surface area contributed by atoms with Crippen LogP contribution in [0.3, 0.4) is 0 Å². The molecule has 2 heterocycles. The van der Waals surface area contributed by atoms with Crippen LogP contribution in [0.4, 0.5) is 0 Å². The molecule has 23 heavy (non-hydrogen) atoms. The van der Waals surface area contributed by atoms with Crippen molar-refractivity contribution in [3.05, 3.63) is 35.9 Å². The fourth-order valence-electron chi connectivity index (χ4n) is 3.78. The number of piperidine rings is 2. The molecule has 1 amide bonds. The van der Waals surface area contributed by atoms with Crippen molar-refractivity contribution in [1.29, 1.82) is 0 Å². The summed E-state index contributed by atoms with van der Waals surface area (Å²) in [4.78, 5) is 15.1. The summed E-state index contributed by atoms with van der Waals surface area (Å²) < 4.78 is 0. The van der Waals surface area contributed by atoms with E-state index in [0.29, 0.717) is 12.0 Å². The first-order valence-electron chi connectivity index (χ1n) is 9.00. The van der Waals surface area contributed by atoms with Gasteiger partial charge in [-0.3, -0.25) is 9.69 Å². The number of hydrogen-bond acceptors (Lipinski definition) is 3. The lowest BCUT2D eigenvalue weighted by molar-refractivity contribution is -0.128. The fourth-order valence-corrected chi connectivity index (χ4v) is 3.78. The summed E-state index contributed by atoms with van der Waals surface area (Å²) >= 11 is 0. The number of carbonyl (C=O) groups excluding carboxylic acids is 1. The van der Waals surface area contributed by atoms with Crippen LogP contribution in [0.15, 0.2) is 30.3 Å². The second kappa shape index (κ2) is 7.93. The van der Waals surface area contributed by atoms with Gasteiger partial charge in [-0.05, 0) is 50.4 Å². The summed E-state index contributed by atoms with van der Waals surface area (Å²) in [7, 11) is 0. The van der Waals surface area contributed by atoms with Crippen LogP contribution >= 0.6 is 0 Å². The second-order valence-electron chi connectivity index (χ2n) is 7.15. The van der Waals surface area contributed by atoms with Gasteiger partial charge in [-0.15, -0.1) is 0 Å². The van der Waals surface area contributed by atoms with Crippen LogP contribution in [0.2, 0.25) is 0 Å². The van der Waals surface area contributed by atoms with Crippen molar-refractivity contribution in [2.45, 2.75) is 38.8 Å². The zero-order valence-electron chi connectivity index (χ0n) is 14.1. The Hall–Kier alpha value is -1.39. The van der Waals surface area contributed by atoms with Gasteiger partial charge in [0.25, 0.3) is 0 Å². The van der Waals surface area contributed by atoms with Crippen molar-refractivity contribution < 1.29 is 4.79 Å². The van der Waals surface area contributed by atoms with Crippen molar-refractivity contribution in [3.8, 4) is 0 Å². The number of nitrogens with one attached hydrogen (secondary N) is 2. The lowest BCUT2D eigenvalue weighted by atomic mass is 9.92. The SMILES string of the molecule is CC1CNCCC1NC(=O)C1CCCN(Cc2ccccc2)C1. The molecule has 0 spiro atoms. The minimum Gasteiger partial charge on any atom is -0.353 e. The maximum Gasteiger partial charge on any atom is 0.224 e. The molecule has 0 saturated carbocycles. The van der Waals surface area contributed by atoms with E-state index in [4.69, 9.17) is 0 Å². The molecule has 2 aliphatic rings. The first-order chi connectivity index (χ1) is 11.2. The topological polar surface area (TPSA) is 44.4 Å². The molecule has 2 N–H and O–H groups in total. The number of nitrogens with zero attached hydrogens (tertiary/aromatic N) is 1. The first-order valence-corrected chi connectivity index (χ1v) is 9.00. The third-order valence-electron chi connectivity index (χ3n) is 5.24. The quantitative estimate of drug-likeness (QED) is 0.893. The molecule has 2 fully saturated rings. The van der Waals surface area contributed by atoms with Crippen LogP contribution in [0.25, 0.3) is 0 Å². The molecule has 2 aliphatic heterocycles. The summed E-state index contributed by atoms with van der Waals surface area (Å²) in [5, 5.41) is 6.71. The summed E-state index contributed by atoms with van der Waals surface area (Å²) in [6.45, 7) is 7.19. The van der Waals surface area contributed by atoms with E-state index in [-0.39, 0.29) is 11.8 Å². The minimum atomic E-state index is 0.148. The van der Waals surface area contributed by atoms with Gasteiger partial charge in [-0.2, -0.15) is 0 Å². The van der Waals surface area contributed by atoms with E-state index in [0.717, 1.165) is 52.0 Å². The number of carbonyl (C=O) groups is 1. The normalized spacial score (nSPS) is 29.2. The van der Waals surface area contributed by atoms with Gasteiger partial charge in [0.15, 0.2) is 0 Å². The molecule has 126 valence electrons. The zero-order valence-corrected chi connectivity index (χ0v) is 14.1. The van der Waals surface area contributed by atoms with Crippen LogP contribution in [0.1, 0.15) is 31.7 Å². The van der Waals surface area contributed by atoms with E-state index >= 15 is 0 Å². The van der Waals surface area contributed by atoms with E-state index in [1.165, 1.54) is 5.56 Å². The Labute approximate surface area is 139 Å². The summed E-state index contributed by atoms with van der Waals surface area (Å²) in [6, 6.07) is 10.9. The summed E-state index contributed by atoms with van der Waals surface area (Å²) in [5.41, 5.74) is 1.33. The lowest BCUT2D eigenvalue weighted by Crippen LogP contribution is -2.51. The Balaban J connectivity index is 1.52. The van der Waals surface area contributed by atoms with Gasteiger partial charge in [0.1, 0.15) is 0 Å². The molecule has 4 nitrogen and oxygen atoms in total. The molecule has 1 aromatic rings. The standard InChI is InChI=1S/C19H29N3O/c1-15-12-20-10-9-18(15)21-19(23)17-8-5-11-22(14-17)13-16-6-3-2-4-7-16/h2-4,6-7,15,17-18,20H,5,8-14H2,1H3,(H,21,23). The third-order valence-corrected chi connectivity index (χ3v) is 5.24. The number of benzene rings is 1. The monoisotopic (exact) mass is 315 g/mol. The van der Waals surface area contributed by atoms with Gasteiger partial charge in [-0.25, -0.2) is 0 Å². The number of amides is 1. The van der Waals surface area contributed by atoms with Gasteiger partial charge < -0.3 is 10.6 Å². The maximum absolute atomic E-state index is 12.7. The highest BCUT2D eigenvalue weighted by atomic mass is 16.2. The van der Waals surface area contributed by atoms with Crippen LogP contribution < -0.4 is 10.6 Å². The smallest absolute Gasteiger partial charge is 0.224 e. The molecule has 0 radical (unpaired) electrons. The molecule has 2 saturated heterocycles. The molecule has 4 heteroatoms. The van der Waals surface area contributed by atoms with Gasteiger partial charge in [0.2, 0.25) is 5.91 Å². The third kappa shape index (κ3) is 4.55. The van der Waals surface area contributed by atoms with Gasteiger partial charge in [0.05, 0.1) is 5.92 Å². The van der Waals surface area contributed by atoms with Crippen LogP contribution in [0.5, 0.6) is 0 Å². The molecule has 1 aromatic carbocycles. The van der Waals surface area contributed by atoms with E-state index in [2.05, 4.69) is 52.8 Å². The summed E-state index contributed by atoms with van der Waals surface area (Å²) in [5.74, 6) is 0.938. The van der Waals surface area contributed by atoms with E-state index in [9.17, 15) is 4.79 Å². The average molecular weight is 315 g/mol. The highest BCUT2D eigenvalue weighted by Crippen LogP contribution is 2.20. The van der Waals surface area contributed by atoms with E-state index < -0.39 is 0 Å². The van der Waals surface area contributed by atoms with Crippen molar-refractivity contribution in [1.82, 2.24) is 15.5 Å². The maximum atomic E-state index is 12.7. The van der Waals surface area contributed by atoms with Crippen LogP contribution in [0, 0.1) is 11.8 Å². The predicted molar refractivity (Wildman–Crippen MR) is 93.0 cm³/mol. The molecule has 3 unspecified atom stereocenters. The first kappa shape index (κ1) is 16.5. The molecule has 0 bridgehead atoms. The van der Waals surface area contributed by atoms with Crippen LogP contribution in [-0.4, -0.2) is 43.0 Å². The fraction of sp³-hybridized carbons (Fsp3) is 0.632. The number of likely N-dealkylation sites (tertiary alicyclic amines) is 1. The van der Waals surface area contributed by atoms with Crippen molar-refractivity contribution in [2.24, 2.45) is 11.8 Å². The minimum absolute atomic E-state index is 0.148. The second-order valence-corrected chi connectivity index (χ2v) is 7.15. The summed E-state index contributed by atoms with van der Waals surface area (Å²) in [6.07, 6.45) is 3.19. The van der Waals surface area contributed by atoms with Crippen molar-refractivity contribution in [3.63, 3.8) is 0 Å². The highest BCUT2D eigenvalue weighted by Gasteiger charge is 2.29. The molecular formula is C19H29N3O. The van der Waals surface area contributed by atoms with Gasteiger partial charge >= 0.3 is 0 Å². The van der Waals surface area contributed by atoms with E-state index in [1.807, 2.05) is 0 Å². The Morgan fingerprint density at radius 2 is 2.13 bits per heavy atom. The Morgan fingerprint density at radius 3 is 2.91 bits per heavy atom. The largest absolute Gasteiger partial charge is 0.353 e. The molecule has 3 rings (SSSR count). The molecule has 0 aromatic heterocycles. The average Bonchev–Trinajstić information content (AvgIpc) is 2.58. The number of rotatable bonds is 4. The van der Waals surface area contributed by atoms with Crippen LogP contribution in [-0.2, 0) is 11.3 Å². The highest BCUT2D eigenvalue weighted by molar-refractivity contribution is 5.79. The zero-order chi connectivity index (χ0) is 16.1. The Morgan fingerprint density at radius 1 is 1.30 bits per heavy atom.